The molecule has 0 aromatic carbocycles. The van der Waals surface area contributed by atoms with E-state index < -0.39 is 5.60 Å². The number of amides is 1. The average molecular weight is 287 g/mol. The standard InChI is InChI=1S/C16H33NO3/c1-4-5-6-7-8-9-10-11-15(18)17-14-16(2,19)12-13-20-3/h19H,4-14H2,1-3H3,(H,17,18). The molecule has 0 aliphatic rings. The van der Waals surface area contributed by atoms with Crippen LogP contribution in [0, 0.1) is 0 Å². The molecule has 0 heterocycles. The van der Waals surface area contributed by atoms with Crippen molar-refractivity contribution in [2.45, 2.75) is 77.2 Å². The minimum atomic E-state index is -0.883. The van der Waals surface area contributed by atoms with E-state index in [2.05, 4.69) is 12.2 Å². The summed E-state index contributed by atoms with van der Waals surface area (Å²) in [5.74, 6) is 0.0382. The molecular formula is C16H33NO3. The van der Waals surface area contributed by atoms with Crippen molar-refractivity contribution in [3.8, 4) is 0 Å². The molecular weight excluding hydrogens is 254 g/mol. The van der Waals surface area contributed by atoms with Crippen LogP contribution >= 0.6 is 0 Å². The summed E-state index contributed by atoms with van der Waals surface area (Å²) in [5, 5.41) is 12.8. The van der Waals surface area contributed by atoms with E-state index in [0.717, 1.165) is 12.8 Å². The zero-order valence-electron chi connectivity index (χ0n) is 13.5. The fourth-order valence-corrected chi connectivity index (χ4v) is 2.03. The summed E-state index contributed by atoms with van der Waals surface area (Å²) in [6.45, 7) is 4.73. The van der Waals surface area contributed by atoms with E-state index in [1.54, 1.807) is 14.0 Å². The SMILES string of the molecule is CCCCCCCCCC(=O)NCC(C)(O)CCOC. The lowest BCUT2D eigenvalue weighted by Crippen LogP contribution is -2.41. The Morgan fingerprint density at radius 2 is 1.75 bits per heavy atom. The Labute approximate surface area is 124 Å². The van der Waals surface area contributed by atoms with Crippen LogP contribution in [0.2, 0.25) is 0 Å². The van der Waals surface area contributed by atoms with Crippen LogP contribution in [0.1, 0.15) is 71.6 Å². The zero-order chi connectivity index (χ0) is 15.3. The molecule has 0 aromatic rings. The van der Waals surface area contributed by atoms with E-state index in [0.29, 0.717) is 26.0 Å². The summed E-state index contributed by atoms with van der Waals surface area (Å²) in [6.07, 6.45) is 9.55. The lowest BCUT2D eigenvalue weighted by molar-refractivity contribution is -0.122. The first-order chi connectivity index (χ1) is 9.52. The number of carbonyl (C=O) groups is 1. The largest absolute Gasteiger partial charge is 0.388 e. The lowest BCUT2D eigenvalue weighted by atomic mass is 10.0. The van der Waals surface area contributed by atoms with Crippen molar-refractivity contribution in [1.82, 2.24) is 5.32 Å². The molecule has 0 aliphatic heterocycles. The van der Waals surface area contributed by atoms with E-state index in [1.165, 1.54) is 32.1 Å². The second-order valence-electron chi connectivity index (χ2n) is 5.89. The van der Waals surface area contributed by atoms with Crippen LogP contribution < -0.4 is 5.32 Å². The molecule has 0 rings (SSSR count). The molecule has 1 atom stereocenters. The molecule has 4 heteroatoms. The van der Waals surface area contributed by atoms with Gasteiger partial charge in [-0.1, -0.05) is 45.4 Å². The number of rotatable bonds is 13. The first-order valence-corrected chi connectivity index (χ1v) is 8.00. The van der Waals surface area contributed by atoms with Crippen LogP contribution in [0.15, 0.2) is 0 Å². The fourth-order valence-electron chi connectivity index (χ4n) is 2.03. The van der Waals surface area contributed by atoms with Crippen LogP contribution in [0.25, 0.3) is 0 Å². The predicted molar refractivity (Wildman–Crippen MR) is 82.7 cm³/mol. The van der Waals surface area contributed by atoms with E-state index >= 15 is 0 Å². The summed E-state index contributed by atoms with van der Waals surface area (Å²) >= 11 is 0. The number of carbonyl (C=O) groups excluding carboxylic acids is 1. The molecule has 0 bridgehead atoms. The molecule has 1 unspecified atom stereocenters. The first kappa shape index (κ1) is 19.4. The van der Waals surface area contributed by atoms with Gasteiger partial charge in [0.25, 0.3) is 0 Å². The highest BCUT2D eigenvalue weighted by Crippen LogP contribution is 2.09. The predicted octanol–water partition coefficient (Wildman–Crippen LogP) is 3.03. The molecule has 0 saturated carbocycles. The molecule has 1 amide bonds. The number of hydrogen-bond donors (Lipinski definition) is 2. The molecule has 2 N–H and O–H groups in total. The van der Waals surface area contributed by atoms with Gasteiger partial charge in [-0.15, -0.1) is 0 Å². The highest BCUT2D eigenvalue weighted by molar-refractivity contribution is 5.75. The van der Waals surface area contributed by atoms with Gasteiger partial charge >= 0.3 is 0 Å². The maximum Gasteiger partial charge on any atom is 0.220 e. The summed E-state index contributed by atoms with van der Waals surface area (Å²) < 4.78 is 4.93. The second-order valence-corrected chi connectivity index (χ2v) is 5.89. The van der Waals surface area contributed by atoms with Gasteiger partial charge in [-0.25, -0.2) is 0 Å². The third-order valence-corrected chi connectivity index (χ3v) is 3.52. The van der Waals surface area contributed by atoms with Crippen molar-refractivity contribution in [3.63, 3.8) is 0 Å². The van der Waals surface area contributed by atoms with E-state index in [4.69, 9.17) is 4.74 Å². The van der Waals surface area contributed by atoms with Crippen molar-refractivity contribution in [2.24, 2.45) is 0 Å². The van der Waals surface area contributed by atoms with Crippen LogP contribution in [0.5, 0.6) is 0 Å². The van der Waals surface area contributed by atoms with Crippen LogP contribution in [0.3, 0.4) is 0 Å². The maximum atomic E-state index is 11.6. The third kappa shape index (κ3) is 12.4. The van der Waals surface area contributed by atoms with Gasteiger partial charge in [0.05, 0.1) is 5.60 Å². The molecule has 4 nitrogen and oxygen atoms in total. The lowest BCUT2D eigenvalue weighted by Gasteiger charge is -2.23. The zero-order valence-corrected chi connectivity index (χ0v) is 13.5. The van der Waals surface area contributed by atoms with Crippen molar-refractivity contribution >= 4 is 5.91 Å². The molecule has 0 aromatic heterocycles. The quantitative estimate of drug-likeness (QED) is 0.512. The second kappa shape index (κ2) is 12.2. The van der Waals surface area contributed by atoms with Crippen molar-refractivity contribution in [2.75, 3.05) is 20.3 Å². The summed E-state index contributed by atoms with van der Waals surface area (Å²) in [4.78, 5) is 11.6. The Hall–Kier alpha value is -0.610. The van der Waals surface area contributed by atoms with Crippen LogP contribution in [0.4, 0.5) is 0 Å². The number of unbranched alkanes of at least 4 members (excludes halogenated alkanes) is 6. The Morgan fingerprint density at radius 1 is 1.15 bits per heavy atom. The monoisotopic (exact) mass is 287 g/mol. The van der Waals surface area contributed by atoms with E-state index in [-0.39, 0.29) is 5.91 Å². The Balaban J connectivity index is 3.49. The van der Waals surface area contributed by atoms with E-state index in [1.807, 2.05) is 0 Å². The summed E-state index contributed by atoms with van der Waals surface area (Å²) in [6, 6.07) is 0. The van der Waals surface area contributed by atoms with Gasteiger partial charge in [-0.05, 0) is 13.3 Å². The Kier molecular flexibility index (Phi) is 11.8. The topological polar surface area (TPSA) is 58.6 Å². The molecule has 0 radical (unpaired) electrons. The molecule has 0 fully saturated rings. The minimum Gasteiger partial charge on any atom is -0.388 e. The Morgan fingerprint density at radius 3 is 2.35 bits per heavy atom. The first-order valence-electron chi connectivity index (χ1n) is 8.00. The number of ether oxygens (including phenoxy) is 1. The number of methoxy groups -OCH3 is 1. The molecule has 0 spiro atoms. The third-order valence-electron chi connectivity index (χ3n) is 3.52. The van der Waals surface area contributed by atoms with Gasteiger partial charge in [-0.3, -0.25) is 4.79 Å². The maximum absolute atomic E-state index is 11.6. The normalized spacial score (nSPS) is 14.0. The summed E-state index contributed by atoms with van der Waals surface area (Å²) in [7, 11) is 1.61. The van der Waals surface area contributed by atoms with Crippen molar-refractivity contribution < 1.29 is 14.6 Å². The van der Waals surface area contributed by atoms with Gasteiger partial charge in [0.2, 0.25) is 5.91 Å². The van der Waals surface area contributed by atoms with Crippen LogP contribution in [-0.4, -0.2) is 36.9 Å². The summed E-state index contributed by atoms with van der Waals surface area (Å²) in [5.41, 5.74) is -0.883. The Bertz CT molecular complexity index is 242. The van der Waals surface area contributed by atoms with Gasteiger partial charge < -0.3 is 15.2 Å². The van der Waals surface area contributed by atoms with Gasteiger partial charge in [-0.2, -0.15) is 0 Å². The van der Waals surface area contributed by atoms with E-state index in [9.17, 15) is 9.90 Å². The van der Waals surface area contributed by atoms with Crippen LogP contribution in [-0.2, 0) is 9.53 Å². The van der Waals surface area contributed by atoms with Crippen molar-refractivity contribution in [3.05, 3.63) is 0 Å². The minimum absolute atomic E-state index is 0.0382. The molecule has 0 aliphatic carbocycles. The van der Waals surface area contributed by atoms with Gasteiger partial charge in [0.15, 0.2) is 0 Å². The number of aliphatic hydroxyl groups is 1. The van der Waals surface area contributed by atoms with Gasteiger partial charge in [0.1, 0.15) is 0 Å². The smallest absolute Gasteiger partial charge is 0.220 e. The number of nitrogens with one attached hydrogen (secondary N) is 1. The fraction of sp³-hybridized carbons (Fsp3) is 0.938. The number of hydrogen-bond acceptors (Lipinski definition) is 3. The van der Waals surface area contributed by atoms with Gasteiger partial charge in [0, 0.05) is 33.1 Å². The average Bonchev–Trinajstić information content (AvgIpc) is 2.42. The molecule has 0 saturated heterocycles. The molecule has 120 valence electrons. The van der Waals surface area contributed by atoms with Crippen molar-refractivity contribution in [1.29, 1.82) is 0 Å². The highest BCUT2D eigenvalue weighted by atomic mass is 16.5. The highest BCUT2D eigenvalue weighted by Gasteiger charge is 2.20. The molecule has 20 heavy (non-hydrogen) atoms.